The highest BCUT2D eigenvalue weighted by Gasteiger charge is 2.21. The van der Waals surface area contributed by atoms with Crippen LogP contribution in [-0.2, 0) is 4.74 Å². The zero-order chi connectivity index (χ0) is 18.8. The molecule has 1 unspecified atom stereocenters. The van der Waals surface area contributed by atoms with Crippen molar-refractivity contribution in [3.05, 3.63) is 18.7 Å². The van der Waals surface area contributed by atoms with Gasteiger partial charge in [0.2, 0.25) is 11.9 Å². The monoisotopic (exact) mass is 368 g/mol. The molecule has 3 aromatic rings. The highest BCUT2D eigenvalue weighted by atomic mass is 16.5. The van der Waals surface area contributed by atoms with E-state index in [1.165, 1.54) is 0 Å². The maximum Gasteiger partial charge on any atom is 0.228 e. The van der Waals surface area contributed by atoms with Gasteiger partial charge < -0.3 is 19.5 Å². The normalized spacial score (nSPS) is 15.9. The van der Waals surface area contributed by atoms with Gasteiger partial charge in [0.05, 0.1) is 19.5 Å². The Kier molecular flexibility index (Phi) is 4.85. The zero-order valence-electron chi connectivity index (χ0n) is 15.9. The van der Waals surface area contributed by atoms with Crippen molar-refractivity contribution >= 4 is 23.1 Å². The van der Waals surface area contributed by atoms with Crippen LogP contribution in [0, 0.1) is 0 Å². The van der Waals surface area contributed by atoms with Gasteiger partial charge in [-0.15, -0.1) is 0 Å². The van der Waals surface area contributed by atoms with Crippen molar-refractivity contribution in [1.82, 2.24) is 29.5 Å². The molecule has 4 rings (SSSR count). The summed E-state index contributed by atoms with van der Waals surface area (Å²) in [4.78, 5) is 25.1. The SMILES string of the molecule is CCC(C)n1cnc2c(-c3cnc(NC)nc3)nc(N3CCOCC3)nc21. The first-order chi connectivity index (χ1) is 13.2. The molecule has 0 radical (unpaired) electrons. The second-order valence-electron chi connectivity index (χ2n) is 6.60. The highest BCUT2D eigenvalue weighted by Crippen LogP contribution is 2.29. The fraction of sp³-hybridized carbons (Fsp3) is 0.500. The maximum absolute atomic E-state index is 5.47. The Balaban J connectivity index is 1.88. The summed E-state index contributed by atoms with van der Waals surface area (Å²) in [6.45, 7) is 7.24. The van der Waals surface area contributed by atoms with Crippen LogP contribution in [0.15, 0.2) is 18.7 Å². The minimum absolute atomic E-state index is 0.304. The van der Waals surface area contributed by atoms with Crippen LogP contribution in [0.25, 0.3) is 22.4 Å². The van der Waals surface area contributed by atoms with E-state index in [1.807, 2.05) is 6.33 Å². The predicted molar refractivity (Wildman–Crippen MR) is 104 cm³/mol. The molecule has 1 atom stereocenters. The Hall–Kier alpha value is -2.81. The number of hydrogen-bond acceptors (Lipinski definition) is 8. The summed E-state index contributed by atoms with van der Waals surface area (Å²) in [5, 5.41) is 2.94. The lowest BCUT2D eigenvalue weighted by atomic mass is 10.2. The molecule has 1 aliphatic heterocycles. The van der Waals surface area contributed by atoms with Gasteiger partial charge in [-0.2, -0.15) is 4.98 Å². The first-order valence-electron chi connectivity index (χ1n) is 9.28. The van der Waals surface area contributed by atoms with Crippen molar-refractivity contribution < 1.29 is 4.74 Å². The van der Waals surface area contributed by atoms with Crippen molar-refractivity contribution in [2.45, 2.75) is 26.3 Å². The third-order valence-corrected chi connectivity index (χ3v) is 4.92. The molecule has 1 N–H and O–H groups in total. The van der Waals surface area contributed by atoms with Gasteiger partial charge in [0.15, 0.2) is 5.65 Å². The van der Waals surface area contributed by atoms with E-state index in [-0.39, 0.29) is 0 Å². The third-order valence-electron chi connectivity index (χ3n) is 4.92. The summed E-state index contributed by atoms with van der Waals surface area (Å²) in [6, 6.07) is 0.304. The van der Waals surface area contributed by atoms with E-state index in [9.17, 15) is 0 Å². The summed E-state index contributed by atoms with van der Waals surface area (Å²) in [5.74, 6) is 1.27. The fourth-order valence-electron chi connectivity index (χ4n) is 3.11. The standard InChI is InChI=1S/C18H24N8O/c1-4-12(2)26-11-22-15-14(13-9-20-17(19-3)21-10-13)23-18(24-16(15)26)25-5-7-27-8-6-25/h9-12H,4-8H2,1-3H3,(H,19,20,21). The third kappa shape index (κ3) is 3.30. The average Bonchev–Trinajstić information content (AvgIpc) is 3.17. The molecule has 0 aromatic carbocycles. The topological polar surface area (TPSA) is 93.9 Å². The molecule has 0 saturated carbocycles. The van der Waals surface area contributed by atoms with E-state index in [0.717, 1.165) is 41.9 Å². The Morgan fingerprint density at radius 3 is 2.56 bits per heavy atom. The second kappa shape index (κ2) is 7.43. The number of aromatic nitrogens is 6. The molecular formula is C18H24N8O. The lowest BCUT2D eigenvalue weighted by molar-refractivity contribution is 0.122. The first-order valence-corrected chi connectivity index (χ1v) is 9.28. The summed E-state index contributed by atoms with van der Waals surface area (Å²) in [7, 11) is 1.79. The van der Waals surface area contributed by atoms with Crippen molar-refractivity contribution in [3.8, 4) is 11.3 Å². The molecule has 0 spiro atoms. The molecule has 1 aliphatic rings. The molecule has 4 heterocycles. The smallest absolute Gasteiger partial charge is 0.228 e. The van der Waals surface area contributed by atoms with Gasteiger partial charge in [-0.3, -0.25) is 0 Å². The second-order valence-corrected chi connectivity index (χ2v) is 6.60. The number of nitrogens with zero attached hydrogens (tertiary/aromatic N) is 7. The van der Waals surface area contributed by atoms with Gasteiger partial charge in [0.25, 0.3) is 0 Å². The largest absolute Gasteiger partial charge is 0.378 e. The van der Waals surface area contributed by atoms with Crippen molar-refractivity contribution in [2.75, 3.05) is 43.6 Å². The van der Waals surface area contributed by atoms with Gasteiger partial charge in [-0.05, 0) is 13.3 Å². The molecule has 142 valence electrons. The van der Waals surface area contributed by atoms with Crippen LogP contribution < -0.4 is 10.2 Å². The van der Waals surface area contributed by atoms with Gasteiger partial charge in [0, 0.05) is 44.1 Å². The van der Waals surface area contributed by atoms with Crippen LogP contribution in [0.1, 0.15) is 26.3 Å². The molecule has 3 aromatic heterocycles. The van der Waals surface area contributed by atoms with E-state index in [2.05, 4.69) is 43.6 Å². The molecule has 1 fully saturated rings. The molecule has 9 nitrogen and oxygen atoms in total. The van der Waals surface area contributed by atoms with Crippen molar-refractivity contribution in [1.29, 1.82) is 0 Å². The minimum atomic E-state index is 0.304. The van der Waals surface area contributed by atoms with Crippen LogP contribution in [0.2, 0.25) is 0 Å². The predicted octanol–water partition coefficient (Wildman–Crippen LogP) is 2.13. The number of morpholine rings is 1. The average molecular weight is 368 g/mol. The molecule has 9 heteroatoms. The van der Waals surface area contributed by atoms with Gasteiger partial charge in [-0.1, -0.05) is 6.92 Å². The van der Waals surface area contributed by atoms with E-state index in [4.69, 9.17) is 14.7 Å². The fourth-order valence-corrected chi connectivity index (χ4v) is 3.11. The van der Waals surface area contributed by atoms with Crippen LogP contribution in [-0.4, -0.2) is 62.8 Å². The summed E-state index contributed by atoms with van der Waals surface area (Å²) in [5.41, 5.74) is 3.19. The number of imidazole rings is 1. The quantitative estimate of drug-likeness (QED) is 0.732. The van der Waals surface area contributed by atoms with E-state index in [1.54, 1.807) is 19.4 Å². The van der Waals surface area contributed by atoms with E-state index >= 15 is 0 Å². The number of anilines is 2. The first kappa shape index (κ1) is 17.6. The molecule has 0 aliphatic carbocycles. The van der Waals surface area contributed by atoms with Gasteiger partial charge >= 0.3 is 0 Å². The lowest BCUT2D eigenvalue weighted by Gasteiger charge is -2.27. The van der Waals surface area contributed by atoms with Crippen LogP contribution in [0.4, 0.5) is 11.9 Å². The Morgan fingerprint density at radius 1 is 1.15 bits per heavy atom. The molecular weight excluding hydrogens is 344 g/mol. The molecule has 27 heavy (non-hydrogen) atoms. The zero-order valence-corrected chi connectivity index (χ0v) is 15.9. The van der Waals surface area contributed by atoms with Crippen molar-refractivity contribution in [2.24, 2.45) is 0 Å². The minimum Gasteiger partial charge on any atom is -0.378 e. The number of hydrogen-bond donors (Lipinski definition) is 1. The Bertz CT molecular complexity index is 917. The summed E-state index contributed by atoms with van der Waals surface area (Å²) < 4.78 is 7.59. The Morgan fingerprint density at radius 2 is 1.89 bits per heavy atom. The van der Waals surface area contributed by atoms with Gasteiger partial charge in [-0.25, -0.2) is 19.9 Å². The summed E-state index contributed by atoms with van der Waals surface area (Å²) in [6.07, 6.45) is 6.39. The van der Waals surface area contributed by atoms with Crippen LogP contribution in [0.3, 0.4) is 0 Å². The van der Waals surface area contributed by atoms with Crippen LogP contribution >= 0.6 is 0 Å². The van der Waals surface area contributed by atoms with Crippen molar-refractivity contribution in [3.63, 3.8) is 0 Å². The molecule has 1 saturated heterocycles. The van der Waals surface area contributed by atoms with E-state index < -0.39 is 0 Å². The molecule has 0 bridgehead atoms. The number of nitrogens with one attached hydrogen (secondary N) is 1. The number of rotatable bonds is 5. The number of fused-ring (bicyclic) bond motifs is 1. The van der Waals surface area contributed by atoms with E-state index in [0.29, 0.717) is 31.2 Å². The Labute approximate surface area is 157 Å². The van der Waals surface area contributed by atoms with Gasteiger partial charge in [0.1, 0.15) is 11.2 Å². The number of ether oxygens (including phenoxy) is 1. The lowest BCUT2D eigenvalue weighted by Crippen LogP contribution is -2.37. The molecule has 0 amide bonds. The van der Waals surface area contributed by atoms with Crippen LogP contribution in [0.5, 0.6) is 0 Å². The highest BCUT2D eigenvalue weighted by molar-refractivity contribution is 5.88. The maximum atomic E-state index is 5.47. The summed E-state index contributed by atoms with van der Waals surface area (Å²) >= 11 is 0.